The number of methoxy groups -OCH3 is 1. The Hall–Kier alpha value is -5.55. The Kier molecular flexibility index (Phi) is 15.3. The van der Waals surface area contributed by atoms with Gasteiger partial charge in [-0.3, -0.25) is 0 Å². The number of rotatable bonds is 14. The molecule has 67 heavy (non-hydrogen) atoms. The summed E-state index contributed by atoms with van der Waals surface area (Å²) in [6, 6.07) is 7.77. The van der Waals surface area contributed by atoms with Crippen LogP contribution >= 0.6 is 0 Å². The van der Waals surface area contributed by atoms with Crippen LogP contribution in [-0.2, 0) is 38.0 Å². The Morgan fingerprint density at radius 3 is 1.97 bits per heavy atom. The lowest BCUT2D eigenvalue weighted by Crippen LogP contribution is -2.64. The molecular weight excluding hydrogens is 900 g/mol. The Bertz CT molecular complexity index is 2250. The number of aromatic hydroxyl groups is 3. The molecule has 0 saturated carbocycles. The number of fused-ring (bicyclic) bond motifs is 1. The molecule has 0 aromatic heterocycles. The van der Waals surface area contributed by atoms with Crippen molar-refractivity contribution in [2.24, 2.45) is 0 Å². The van der Waals surface area contributed by atoms with Gasteiger partial charge in [-0.15, -0.1) is 0 Å². The molecule has 24 heteroatoms. The van der Waals surface area contributed by atoms with Crippen LogP contribution in [0.3, 0.4) is 0 Å². The molecule has 16 unspecified atom stereocenters. The van der Waals surface area contributed by atoms with Gasteiger partial charge in [0.15, 0.2) is 35.4 Å². The molecule has 2 aromatic carbocycles. The van der Waals surface area contributed by atoms with E-state index in [0.717, 1.165) is 12.2 Å². The number of carbonyl (C=O) groups is 1. The number of allylic oxidation sites excluding steroid dienone is 2. The highest BCUT2D eigenvalue weighted by atomic mass is 16.8. The third-order valence-corrected chi connectivity index (χ3v) is 11.4. The van der Waals surface area contributed by atoms with Crippen molar-refractivity contribution in [3.8, 4) is 23.0 Å². The maximum absolute atomic E-state index is 12.8. The van der Waals surface area contributed by atoms with Crippen LogP contribution in [0.2, 0.25) is 0 Å². The highest BCUT2D eigenvalue weighted by Crippen LogP contribution is 2.41. The van der Waals surface area contributed by atoms with Crippen molar-refractivity contribution in [2.75, 3.05) is 26.9 Å². The van der Waals surface area contributed by atoms with Gasteiger partial charge in [0.05, 0.1) is 37.5 Å². The SMILES string of the molecule is COc1cc(C2=C(OC3OC(COC(=O)C=Cc4ccc(O)c(O)c4)C(O)C(O)C3OC3OC(CO)C(O)C(O)C3O)C=C3C(OC4OC(CO)C(O)C(O)C4O)=CC(O)=CC3[OH+]2)ccc1O. The van der Waals surface area contributed by atoms with Gasteiger partial charge in [-0.25, -0.2) is 4.79 Å². The van der Waals surface area contributed by atoms with Crippen molar-refractivity contribution in [3.05, 3.63) is 94.7 Å². The van der Waals surface area contributed by atoms with Gasteiger partial charge < -0.3 is 114 Å². The van der Waals surface area contributed by atoms with Crippen LogP contribution in [0, 0.1) is 0 Å². The molecule has 0 spiro atoms. The molecule has 366 valence electrons. The average Bonchev–Trinajstić information content (AvgIpc) is 3.31. The summed E-state index contributed by atoms with van der Waals surface area (Å²) < 4.78 is 50.8. The predicted molar refractivity (Wildman–Crippen MR) is 219 cm³/mol. The second-order valence-corrected chi connectivity index (χ2v) is 15.8. The van der Waals surface area contributed by atoms with E-state index >= 15 is 0 Å². The Morgan fingerprint density at radius 2 is 1.31 bits per heavy atom. The van der Waals surface area contributed by atoms with Gasteiger partial charge in [-0.2, -0.15) is 0 Å². The first-order chi connectivity index (χ1) is 31.9. The summed E-state index contributed by atoms with van der Waals surface area (Å²) in [7, 11) is 1.28. The first-order valence-corrected chi connectivity index (χ1v) is 20.6. The molecule has 4 aliphatic heterocycles. The maximum Gasteiger partial charge on any atom is 0.330 e. The quantitative estimate of drug-likeness (QED) is 0.0376. The number of ether oxygens (including phenoxy) is 9. The molecule has 3 fully saturated rings. The molecule has 3 saturated heterocycles. The summed E-state index contributed by atoms with van der Waals surface area (Å²) in [6.07, 6.45) is -22.5. The van der Waals surface area contributed by atoms with Gasteiger partial charge in [0.2, 0.25) is 24.4 Å². The highest BCUT2D eigenvalue weighted by Gasteiger charge is 2.53. The molecule has 4 heterocycles. The lowest BCUT2D eigenvalue weighted by molar-refractivity contribution is -0.363. The fourth-order valence-electron chi connectivity index (χ4n) is 7.63. The number of benzene rings is 2. The normalized spacial score (nSPS) is 35.4. The van der Waals surface area contributed by atoms with E-state index in [1.54, 1.807) is 0 Å². The lowest BCUT2D eigenvalue weighted by Gasteiger charge is -2.46. The first kappa shape index (κ1) is 49.4. The third kappa shape index (κ3) is 10.5. The highest BCUT2D eigenvalue weighted by molar-refractivity contribution is 5.87. The third-order valence-electron chi connectivity index (χ3n) is 11.4. The zero-order valence-corrected chi connectivity index (χ0v) is 35.1. The smallest absolute Gasteiger partial charge is 0.330 e. The molecule has 5 aliphatic rings. The molecule has 24 nitrogen and oxygen atoms in total. The zero-order valence-electron chi connectivity index (χ0n) is 35.1. The van der Waals surface area contributed by atoms with Crippen molar-refractivity contribution in [2.45, 2.75) is 98.2 Å². The van der Waals surface area contributed by atoms with Crippen molar-refractivity contribution < 1.29 is 119 Å². The van der Waals surface area contributed by atoms with E-state index in [4.69, 9.17) is 42.6 Å². The average molecular weight is 952 g/mol. The molecule has 7 rings (SSSR count). The summed E-state index contributed by atoms with van der Waals surface area (Å²) in [5, 5.41) is 147. The van der Waals surface area contributed by atoms with E-state index in [2.05, 4.69) is 0 Å². The number of phenols is 3. The molecule has 2 aromatic rings. The van der Waals surface area contributed by atoms with E-state index in [9.17, 15) is 76.3 Å². The van der Waals surface area contributed by atoms with E-state index in [1.165, 1.54) is 61.7 Å². The molecule has 1 aliphatic carbocycles. The molecule has 16 atom stereocenters. The molecule has 0 radical (unpaired) electrons. The standard InChI is InChI=1S/C43H50O24/c1-59-25-9-17(4-6-21(25)48)39-26(12-19-23(61-39)10-18(46)11-24(19)62-41-37(57)34(54)31(51)27(13-44)64-41)63-43-40(67-42-38(58)35(55)32(52)28(14-45)65-42)36(56)33(53)29(66-43)15-60-30(50)7-3-16-2-5-20(47)22(49)8-16/h2-12,23,27-29,31-38,40-49,51-58H,13-15H2,1H3/p+1. The second kappa shape index (κ2) is 20.8. The van der Waals surface area contributed by atoms with Gasteiger partial charge in [0.1, 0.15) is 85.3 Å². The number of esters is 1. The van der Waals surface area contributed by atoms with Gasteiger partial charge in [-0.1, -0.05) is 6.07 Å². The van der Waals surface area contributed by atoms with Crippen molar-refractivity contribution >= 4 is 17.8 Å². The predicted octanol–water partition coefficient (Wildman–Crippen LogP) is -3.62. The van der Waals surface area contributed by atoms with Gasteiger partial charge >= 0.3 is 11.7 Å². The maximum atomic E-state index is 12.8. The number of carbonyl (C=O) groups excluding carboxylic acids is 1. The monoisotopic (exact) mass is 951 g/mol. The van der Waals surface area contributed by atoms with Crippen molar-refractivity contribution in [1.82, 2.24) is 0 Å². The summed E-state index contributed by atoms with van der Waals surface area (Å²) in [5.74, 6) is -3.12. The van der Waals surface area contributed by atoms with E-state index in [1.807, 2.05) is 0 Å². The van der Waals surface area contributed by atoms with Crippen LogP contribution in [-0.4, -0.2) is 207 Å². The number of phenolic OH excluding ortho intramolecular Hbond substituents is 3. The van der Waals surface area contributed by atoms with Crippen LogP contribution in [0.15, 0.2) is 83.6 Å². The molecule has 15 N–H and O–H groups in total. The number of hydrogen-bond donors (Lipinski definition) is 14. The summed E-state index contributed by atoms with van der Waals surface area (Å²) in [4.78, 5) is 12.8. The van der Waals surface area contributed by atoms with Crippen LogP contribution in [0.4, 0.5) is 0 Å². The topological polar surface area (TPSA) is 387 Å². The van der Waals surface area contributed by atoms with Crippen LogP contribution in [0.5, 0.6) is 23.0 Å². The van der Waals surface area contributed by atoms with Crippen LogP contribution < -0.4 is 4.74 Å². The minimum Gasteiger partial charge on any atom is -0.571 e. The van der Waals surface area contributed by atoms with E-state index < -0.39 is 141 Å². The second-order valence-electron chi connectivity index (χ2n) is 15.8. The summed E-state index contributed by atoms with van der Waals surface area (Å²) in [6.45, 7) is -2.40. The molecular formula is C43H51O24+. The Labute approximate surface area is 379 Å². The first-order valence-electron chi connectivity index (χ1n) is 20.6. The minimum absolute atomic E-state index is 0.0303. The molecule has 0 amide bonds. The fraction of sp³-hybridized carbons (Fsp3) is 0.465. The largest absolute Gasteiger partial charge is 0.571 e. The van der Waals surface area contributed by atoms with Crippen molar-refractivity contribution in [3.63, 3.8) is 0 Å². The van der Waals surface area contributed by atoms with Crippen molar-refractivity contribution in [1.29, 1.82) is 0 Å². The molecule has 0 bridgehead atoms. The number of aliphatic hydroxyl groups excluding tert-OH is 11. The number of aliphatic hydroxyl groups is 13. The van der Waals surface area contributed by atoms with E-state index in [0.29, 0.717) is 5.56 Å². The minimum atomic E-state index is -2.07. The van der Waals surface area contributed by atoms with Gasteiger partial charge in [0.25, 0.3) is 0 Å². The lowest BCUT2D eigenvalue weighted by atomic mass is 9.95. The van der Waals surface area contributed by atoms with Crippen LogP contribution in [0.1, 0.15) is 11.1 Å². The van der Waals surface area contributed by atoms with Crippen LogP contribution in [0.25, 0.3) is 11.8 Å². The summed E-state index contributed by atoms with van der Waals surface area (Å²) >= 11 is 0. The zero-order chi connectivity index (χ0) is 48.4. The Balaban J connectivity index is 1.25. The van der Waals surface area contributed by atoms with Gasteiger partial charge in [-0.05, 0) is 35.9 Å². The summed E-state index contributed by atoms with van der Waals surface area (Å²) in [5.41, 5.74) is 0.560. The Morgan fingerprint density at radius 1 is 0.687 bits per heavy atom. The van der Waals surface area contributed by atoms with E-state index in [-0.39, 0.29) is 39.9 Å². The number of hydrogen-bond acceptors (Lipinski definition) is 23. The fourth-order valence-corrected chi connectivity index (χ4v) is 7.63. The van der Waals surface area contributed by atoms with Gasteiger partial charge in [0, 0.05) is 24.3 Å².